The van der Waals surface area contributed by atoms with Crippen molar-refractivity contribution in [3.63, 3.8) is 0 Å². The van der Waals surface area contributed by atoms with Gasteiger partial charge in [-0.05, 0) is 43.3 Å². The molecular weight excluding hydrogens is 642 g/mol. The quantitative estimate of drug-likeness (QED) is 0.250. The summed E-state index contributed by atoms with van der Waals surface area (Å²) in [5, 5.41) is 8.26. The van der Waals surface area contributed by atoms with Gasteiger partial charge in [-0.1, -0.05) is 20.3 Å². The second-order valence-electron chi connectivity index (χ2n) is 6.41. The van der Waals surface area contributed by atoms with Crippen LogP contribution >= 0.6 is 37.2 Å². The zero-order chi connectivity index (χ0) is 24.5. The van der Waals surface area contributed by atoms with Gasteiger partial charge in [0.1, 0.15) is 5.82 Å². The Morgan fingerprint density at radius 1 is 0.848 bits per heavy atom. The zero-order valence-corrected chi connectivity index (χ0v) is 22.9. The number of pyridine rings is 3. The average molecular weight is 666 g/mol. The van der Waals surface area contributed by atoms with E-state index in [0.29, 0.717) is 22.6 Å². The summed E-state index contributed by atoms with van der Waals surface area (Å²) in [6, 6.07) is 12.6. The van der Waals surface area contributed by atoms with Gasteiger partial charge in [0.05, 0.1) is 17.3 Å². The van der Waals surface area contributed by atoms with Crippen LogP contribution in [0.2, 0.25) is 0 Å². The summed E-state index contributed by atoms with van der Waals surface area (Å²) in [7, 11) is 0. The van der Waals surface area contributed by atoms with Crippen molar-refractivity contribution in [3.8, 4) is 28.7 Å². The molecule has 0 bridgehead atoms. The zero-order valence-electron chi connectivity index (χ0n) is 18.5. The van der Waals surface area contributed by atoms with Gasteiger partial charge in [0.25, 0.3) is 5.56 Å². The first-order valence-corrected chi connectivity index (χ1v) is 16.2. The summed E-state index contributed by atoms with van der Waals surface area (Å²) in [6.45, 7) is 6.01. The molecule has 0 aliphatic carbocycles. The highest BCUT2D eigenvalue weighted by Crippen LogP contribution is 2.21. The fraction of sp³-hybridized carbons (Fsp3) is 0.167. The highest BCUT2D eigenvalue weighted by atomic mass is 128. The molecule has 0 aliphatic rings. The maximum Gasteiger partial charge on any atom is 0.254 e. The molecule has 0 atom stereocenters. The maximum atomic E-state index is 12.1. The first-order valence-electron chi connectivity index (χ1n) is 9.96. The second-order valence-corrected chi connectivity index (χ2v) is 6.41. The molecule has 0 aromatic carbocycles. The van der Waals surface area contributed by atoms with E-state index in [1.54, 1.807) is 56.2 Å². The number of nitriles is 1. The Labute approximate surface area is 217 Å². The molecule has 7 nitrogen and oxygen atoms in total. The van der Waals surface area contributed by atoms with Crippen molar-refractivity contribution < 1.29 is 0 Å². The van der Waals surface area contributed by atoms with E-state index in [9.17, 15) is 4.79 Å². The van der Waals surface area contributed by atoms with Crippen LogP contribution in [0.4, 0.5) is 0 Å². The molecule has 33 heavy (non-hydrogen) atoms. The van der Waals surface area contributed by atoms with Gasteiger partial charge in [-0.2, -0.15) is 5.26 Å². The number of H-pyrrole nitrogens is 1. The molecule has 0 aliphatic heterocycles. The van der Waals surface area contributed by atoms with Crippen molar-refractivity contribution in [2.45, 2.75) is 27.2 Å². The molecule has 0 saturated heterocycles. The summed E-state index contributed by atoms with van der Waals surface area (Å²) < 4.78 is 0. The number of aromatic nitrogens is 5. The Morgan fingerprint density at radius 2 is 1.27 bits per heavy atom. The third-order valence-electron chi connectivity index (χ3n) is 3.87. The van der Waals surface area contributed by atoms with Gasteiger partial charge in [-0.3, -0.25) is 19.7 Å². The molecular formula is C24H24I2N6O. The lowest BCUT2D eigenvalue weighted by Gasteiger charge is -2.07. The van der Waals surface area contributed by atoms with E-state index in [0.717, 1.165) is 11.1 Å². The van der Waals surface area contributed by atoms with Crippen molar-refractivity contribution in [1.29, 1.82) is 5.26 Å². The smallest absolute Gasteiger partial charge is 0.254 e. The Morgan fingerprint density at radius 3 is 1.70 bits per heavy atom. The Balaban J connectivity index is 0.000000348. The second kappa shape index (κ2) is 16.8. The van der Waals surface area contributed by atoms with Crippen LogP contribution in [0.1, 0.15) is 31.4 Å². The summed E-state index contributed by atoms with van der Waals surface area (Å²) in [5.41, 5.74) is 3.47. The first kappa shape index (κ1) is 28.3. The topological polar surface area (TPSA) is 108 Å². The van der Waals surface area contributed by atoms with Crippen molar-refractivity contribution in [2.24, 2.45) is 0 Å². The van der Waals surface area contributed by atoms with E-state index >= 15 is 0 Å². The van der Waals surface area contributed by atoms with Crippen molar-refractivity contribution in [1.82, 2.24) is 24.9 Å². The van der Waals surface area contributed by atoms with E-state index in [-0.39, 0.29) is 5.56 Å². The van der Waals surface area contributed by atoms with Gasteiger partial charge < -0.3 is 4.98 Å². The highest BCUT2D eigenvalue weighted by molar-refractivity contribution is 15.0. The Kier molecular flexibility index (Phi) is 14.5. The fourth-order valence-electron chi connectivity index (χ4n) is 2.40. The number of hydrogen-bond donors (Lipinski definition) is 1. The van der Waals surface area contributed by atoms with Crippen LogP contribution < -0.4 is 5.56 Å². The highest BCUT2D eigenvalue weighted by Gasteiger charge is 2.10. The Hall–Kier alpha value is -2.72. The Bertz CT molecular complexity index is 1160. The molecule has 170 valence electrons. The molecule has 0 spiro atoms. The van der Waals surface area contributed by atoms with Gasteiger partial charge in [-0.15, -0.1) is 0 Å². The third kappa shape index (κ3) is 9.75. The number of hydrogen-bond acceptors (Lipinski definition) is 6. The molecule has 0 radical (unpaired) electrons. The SMILES string of the molecule is CCC.Cc1c(-c2ccncc2)nc(-c2ccncc2)[nH]c1=O.II.N#Cc1ccncc1. The van der Waals surface area contributed by atoms with E-state index in [1.807, 2.05) is 30.3 Å². The number of nitrogens with zero attached hydrogens (tertiary/aromatic N) is 5. The minimum Gasteiger partial charge on any atom is -0.306 e. The van der Waals surface area contributed by atoms with Gasteiger partial charge in [0.15, 0.2) is 0 Å². The standard InChI is InChI=1S/C15H12N4O.C6H4N2.C3H8.I2/c1-10-13(11-2-6-16-7-3-11)18-14(19-15(10)20)12-4-8-17-9-5-12;7-5-6-1-3-8-4-2-6;1-3-2;1-2/h2-9H,1H3,(H,18,19,20);1-4H;3H2,1-2H3;. The summed E-state index contributed by atoms with van der Waals surface area (Å²) >= 11 is 4.24. The molecule has 1 N–H and O–H groups in total. The molecule has 4 rings (SSSR count). The van der Waals surface area contributed by atoms with Crippen LogP contribution in [0, 0.1) is 18.3 Å². The van der Waals surface area contributed by atoms with Gasteiger partial charge in [0.2, 0.25) is 0 Å². The van der Waals surface area contributed by atoms with Gasteiger partial charge in [-0.25, -0.2) is 4.98 Å². The molecule has 0 saturated carbocycles. The van der Waals surface area contributed by atoms with Crippen LogP contribution in [0.25, 0.3) is 22.6 Å². The van der Waals surface area contributed by atoms with Crippen LogP contribution in [0.5, 0.6) is 0 Å². The predicted molar refractivity (Wildman–Crippen MR) is 149 cm³/mol. The lowest BCUT2D eigenvalue weighted by atomic mass is 10.1. The van der Waals surface area contributed by atoms with Gasteiger partial charge >= 0.3 is 0 Å². The van der Waals surface area contributed by atoms with Crippen LogP contribution in [-0.4, -0.2) is 24.9 Å². The van der Waals surface area contributed by atoms with Gasteiger partial charge in [0, 0.05) is 91.1 Å². The number of rotatable bonds is 2. The maximum absolute atomic E-state index is 12.1. The molecule has 4 aromatic rings. The van der Waals surface area contributed by atoms with Crippen LogP contribution in [0.15, 0.2) is 78.4 Å². The van der Waals surface area contributed by atoms with Crippen LogP contribution in [-0.2, 0) is 0 Å². The van der Waals surface area contributed by atoms with Crippen LogP contribution in [0.3, 0.4) is 0 Å². The van der Waals surface area contributed by atoms with E-state index < -0.39 is 0 Å². The molecule has 4 aromatic heterocycles. The fourth-order valence-corrected chi connectivity index (χ4v) is 2.40. The molecule has 9 heteroatoms. The van der Waals surface area contributed by atoms with Crippen molar-refractivity contribution in [2.75, 3.05) is 0 Å². The molecule has 0 fully saturated rings. The summed E-state index contributed by atoms with van der Waals surface area (Å²) in [4.78, 5) is 31.1. The van der Waals surface area contributed by atoms with E-state index in [4.69, 9.17) is 5.26 Å². The molecule has 0 amide bonds. The minimum atomic E-state index is -0.140. The lowest BCUT2D eigenvalue weighted by Crippen LogP contribution is -2.14. The lowest BCUT2D eigenvalue weighted by molar-refractivity contribution is 1.09. The van der Waals surface area contributed by atoms with E-state index in [2.05, 4.69) is 76.0 Å². The number of halogens is 2. The largest absolute Gasteiger partial charge is 0.306 e. The van der Waals surface area contributed by atoms with Crippen molar-refractivity contribution >= 4 is 37.2 Å². The molecule has 0 unspecified atom stereocenters. The minimum absolute atomic E-state index is 0.140. The summed E-state index contributed by atoms with van der Waals surface area (Å²) in [6.07, 6.45) is 11.1. The average Bonchev–Trinajstić information content (AvgIpc) is 2.89. The summed E-state index contributed by atoms with van der Waals surface area (Å²) in [5.74, 6) is 0.537. The monoisotopic (exact) mass is 666 g/mol. The normalized spacial score (nSPS) is 8.97. The first-order chi connectivity index (χ1) is 16.1. The number of nitrogens with one attached hydrogen (secondary N) is 1. The molecule has 4 heterocycles. The number of aromatic amines is 1. The van der Waals surface area contributed by atoms with E-state index in [1.165, 1.54) is 6.42 Å². The van der Waals surface area contributed by atoms with Crippen molar-refractivity contribution in [3.05, 3.63) is 95.1 Å². The third-order valence-corrected chi connectivity index (χ3v) is 3.87. The predicted octanol–water partition coefficient (Wildman–Crippen LogP) is 6.34.